The molecule has 0 atom stereocenters. The molecule has 0 radical (unpaired) electrons. The van der Waals surface area contributed by atoms with Crippen LogP contribution in [0.3, 0.4) is 0 Å². The fourth-order valence-electron chi connectivity index (χ4n) is 12.2. The number of rotatable bonds is 9. The number of furan rings is 2. The van der Waals surface area contributed by atoms with E-state index in [0.717, 1.165) is 83.4 Å². The molecule has 0 N–H and O–H groups in total. The van der Waals surface area contributed by atoms with Crippen molar-refractivity contribution < 1.29 is 8.83 Å². The highest BCUT2D eigenvalue weighted by Crippen LogP contribution is 2.61. The number of hydrogen-bond acceptors (Lipinski definition) is 4. The van der Waals surface area contributed by atoms with Gasteiger partial charge in [0.25, 0.3) is 0 Å². The lowest BCUT2D eigenvalue weighted by Gasteiger charge is -2.36. The summed E-state index contributed by atoms with van der Waals surface area (Å²) in [6, 6.07) is 89.1. The summed E-state index contributed by atoms with van der Waals surface area (Å²) in [4.78, 5) is 4.88. The molecule has 0 bridgehead atoms. The number of hydrogen-bond donors (Lipinski definition) is 0. The average molecular weight is 969 g/mol. The Morgan fingerprint density at radius 1 is 0.365 bits per heavy atom. The van der Waals surface area contributed by atoms with E-state index in [1.54, 1.807) is 0 Å². The third-order valence-electron chi connectivity index (χ3n) is 15.5. The van der Waals surface area contributed by atoms with Gasteiger partial charge < -0.3 is 18.6 Å². The molecule has 2 aromatic heterocycles. The zero-order chi connectivity index (χ0) is 49.7. The smallest absolute Gasteiger partial charge is 0.159 e. The molecule has 1 aliphatic rings. The minimum Gasteiger partial charge on any atom is -0.454 e. The topological polar surface area (TPSA) is 32.8 Å². The molecule has 0 saturated carbocycles. The Balaban J connectivity index is 1.10. The van der Waals surface area contributed by atoms with Crippen molar-refractivity contribution in [3.05, 3.63) is 270 Å². The Bertz CT molecular complexity index is 4300. The van der Waals surface area contributed by atoms with Crippen LogP contribution in [0.5, 0.6) is 0 Å². The van der Waals surface area contributed by atoms with Crippen LogP contribution in [0.2, 0.25) is 19.6 Å². The van der Waals surface area contributed by atoms with Crippen LogP contribution in [-0.4, -0.2) is 8.07 Å². The van der Waals surface area contributed by atoms with E-state index in [1.807, 2.05) is 6.07 Å². The minimum absolute atomic E-state index is 0.761. The van der Waals surface area contributed by atoms with Crippen molar-refractivity contribution >= 4 is 102 Å². The van der Waals surface area contributed by atoms with E-state index in [0.29, 0.717) is 0 Å². The van der Waals surface area contributed by atoms with Crippen molar-refractivity contribution in [2.24, 2.45) is 0 Å². The van der Waals surface area contributed by atoms with E-state index in [1.165, 1.54) is 49.5 Å². The number of anilines is 6. The van der Waals surface area contributed by atoms with Gasteiger partial charge in [0.1, 0.15) is 11.2 Å². The molecule has 0 saturated heterocycles. The van der Waals surface area contributed by atoms with Crippen molar-refractivity contribution in [3.63, 3.8) is 0 Å². The van der Waals surface area contributed by atoms with Crippen LogP contribution in [-0.2, 0) is 5.41 Å². The fourth-order valence-corrected chi connectivity index (χ4v) is 13.3. The zero-order valence-corrected chi connectivity index (χ0v) is 42.8. The molecule has 11 aromatic carbocycles. The summed E-state index contributed by atoms with van der Waals surface area (Å²) in [5, 5.41) is 8.12. The van der Waals surface area contributed by atoms with Gasteiger partial charge in [0.15, 0.2) is 11.2 Å². The molecule has 354 valence electrons. The second-order valence-electron chi connectivity index (χ2n) is 20.9. The van der Waals surface area contributed by atoms with Crippen molar-refractivity contribution in [2.45, 2.75) is 32.0 Å². The van der Waals surface area contributed by atoms with Gasteiger partial charge in [-0.05, 0) is 118 Å². The summed E-state index contributed by atoms with van der Waals surface area (Å²) in [6.07, 6.45) is 0. The summed E-state index contributed by atoms with van der Waals surface area (Å²) >= 11 is 0. The molecule has 4 nitrogen and oxygen atoms in total. The number of para-hydroxylation sites is 4. The monoisotopic (exact) mass is 968 g/mol. The number of benzene rings is 11. The molecule has 14 rings (SSSR count). The van der Waals surface area contributed by atoms with Gasteiger partial charge >= 0.3 is 0 Å². The van der Waals surface area contributed by atoms with Crippen molar-refractivity contribution in [3.8, 4) is 11.1 Å². The van der Waals surface area contributed by atoms with Crippen LogP contribution in [0.15, 0.2) is 251 Å². The van der Waals surface area contributed by atoms with Crippen LogP contribution >= 0.6 is 0 Å². The SMILES string of the molecule is Cc1cccc(N(c2ccc3c(c2)C(c2ccccc2)(c2ccccc2)c2cc(N(c4cccc([Si](C)(C)C)c4)c4cccc5c4oc4ccccc45)c4ccccc4c2-3)c2cccc3c2oc2ccccc23)c1. The van der Waals surface area contributed by atoms with Crippen LogP contribution in [0.1, 0.15) is 27.8 Å². The number of aryl methyl sites for hydroxylation is 1. The summed E-state index contributed by atoms with van der Waals surface area (Å²) in [5.74, 6) is 0. The van der Waals surface area contributed by atoms with Gasteiger partial charge in [-0.15, -0.1) is 0 Å². The van der Waals surface area contributed by atoms with E-state index >= 15 is 0 Å². The lowest BCUT2D eigenvalue weighted by molar-refractivity contribution is 0.668. The summed E-state index contributed by atoms with van der Waals surface area (Å²) in [7, 11) is -1.77. The van der Waals surface area contributed by atoms with Crippen molar-refractivity contribution in [1.29, 1.82) is 0 Å². The van der Waals surface area contributed by atoms with Crippen molar-refractivity contribution in [2.75, 3.05) is 9.80 Å². The first-order valence-electron chi connectivity index (χ1n) is 25.7. The van der Waals surface area contributed by atoms with Crippen LogP contribution in [0.25, 0.3) is 65.8 Å². The molecular formula is C69H52N2O2Si. The maximum Gasteiger partial charge on any atom is 0.159 e. The number of nitrogens with zero attached hydrogens (tertiary/aromatic N) is 2. The fraction of sp³-hybridized carbons (Fsp3) is 0.0725. The maximum absolute atomic E-state index is 6.96. The van der Waals surface area contributed by atoms with Crippen molar-refractivity contribution in [1.82, 2.24) is 0 Å². The zero-order valence-electron chi connectivity index (χ0n) is 41.8. The highest BCUT2D eigenvalue weighted by Gasteiger charge is 2.48. The predicted octanol–water partition coefficient (Wildman–Crippen LogP) is 18.8. The van der Waals surface area contributed by atoms with Gasteiger partial charge in [-0.25, -0.2) is 0 Å². The largest absolute Gasteiger partial charge is 0.454 e. The molecule has 74 heavy (non-hydrogen) atoms. The Morgan fingerprint density at radius 3 is 1.47 bits per heavy atom. The molecule has 0 aliphatic heterocycles. The highest BCUT2D eigenvalue weighted by atomic mass is 28.3. The molecule has 0 unspecified atom stereocenters. The lowest BCUT2D eigenvalue weighted by Crippen LogP contribution is -2.37. The molecule has 0 fully saturated rings. The first-order chi connectivity index (χ1) is 36.3. The van der Waals surface area contributed by atoms with Crippen LogP contribution in [0.4, 0.5) is 34.1 Å². The first-order valence-corrected chi connectivity index (χ1v) is 29.2. The summed E-state index contributed by atoms with van der Waals surface area (Å²) in [5.41, 5.74) is 17.4. The second-order valence-corrected chi connectivity index (χ2v) is 26.0. The molecule has 1 aliphatic carbocycles. The second kappa shape index (κ2) is 16.8. The van der Waals surface area contributed by atoms with Gasteiger partial charge in [-0.2, -0.15) is 0 Å². The Hall–Kier alpha value is -8.90. The number of fused-ring (bicyclic) bond motifs is 11. The Labute approximate surface area is 432 Å². The van der Waals surface area contributed by atoms with Crippen LogP contribution < -0.4 is 15.0 Å². The van der Waals surface area contributed by atoms with E-state index in [2.05, 4.69) is 273 Å². The molecule has 5 heteroatoms. The van der Waals surface area contributed by atoms with E-state index in [9.17, 15) is 0 Å². The van der Waals surface area contributed by atoms with E-state index in [-0.39, 0.29) is 0 Å². The van der Waals surface area contributed by atoms with E-state index < -0.39 is 13.5 Å². The first kappa shape index (κ1) is 43.8. The summed E-state index contributed by atoms with van der Waals surface area (Å²) in [6.45, 7) is 9.45. The molecule has 2 heterocycles. The third-order valence-corrected chi connectivity index (χ3v) is 17.5. The average Bonchev–Trinajstić information content (AvgIpc) is 4.17. The predicted molar refractivity (Wildman–Crippen MR) is 313 cm³/mol. The molecular weight excluding hydrogens is 917 g/mol. The van der Waals surface area contributed by atoms with Gasteiger partial charge in [0, 0.05) is 44.0 Å². The lowest BCUT2D eigenvalue weighted by atomic mass is 9.67. The Kier molecular flexibility index (Phi) is 9.98. The highest BCUT2D eigenvalue weighted by molar-refractivity contribution is 6.88. The minimum atomic E-state index is -1.77. The normalized spacial score (nSPS) is 13.0. The Morgan fingerprint density at radius 2 is 0.865 bits per heavy atom. The molecule has 0 spiro atoms. The van der Waals surface area contributed by atoms with Gasteiger partial charge in [0.2, 0.25) is 0 Å². The van der Waals surface area contributed by atoms with Gasteiger partial charge in [-0.3, -0.25) is 0 Å². The third kappa shape index (κ3) is 6.66. The quantitative estimate of drug-likeness (QED) is 0.135. The molecule has 13 aromatic rings. The molecule has 0 amide bonds. The maximum atomic E-state index is 6.96. The summed E-state index contributed by atoms with van der Waals surface area (Å²) < 4.78 is 13.8. The van der Waals surface area contributed by atoms with Crippen LogP contribution in [0, 0.1) is 6.92 Å². The van der Waals surface area contributed by atoms with Gasteiger partial charge in [0.05, 0.1) is 30.6 Å². The van der Waals surface area contributed by atoms with Gasteiger partial charge in [-0.1, -0.05) is 201 Å². The standard InChI is InChI=1S/C69H52N2O2Si/c1-45-21-17-26-48(41-45)70(61-35-19-33-56-53-30-13-15-37-64(53)72-67(56)61)50-39-40-58-59(43-50)69(46-22-7-5-8-23-46,47-24-9-6-10-25-47)60-44-63(52-29-11-12-32-55(52)66(58)60)71(49-27-18-28-51(42-49)74(2,3)4)62-36-20-34-57-54-31-14-16-38-65(54)73-68(57)62/h5-44H,1-4H3. The van der Waals surface area contributed by atoms with E-state index in [4.69, 9.17) is 8.83 Å².